The third-order valence-corrected chi connectivity index (χ3v) is 3.48. The van der Waals surface area contributed by atoms with Crippen LogP contribution in [-0.2, 0) is 0 Å². The van der Waals surface area contributed by atoms with Crippen molar-refractivity contribution in [2.45, 2.75) is 6.10 Å². The highest BCUT2D eigenvalue weighted by Gasteiger charge is 2.09. The zero-order chi connectivity index (χ0) is 14.9. The van der Waals surface area contributed by atoms with Crippen molar-refractivity contribution in [3.8, 4) is 5.75 Å². The molecule has 0 aliphatic rings. The van der Waals surface area contributed by atoms with E-state index in [1.807, 2.05) is 47.2 Å². The number of para-hydroxylation sites is 1. The molecule has 5 nitrogen and oxygen atoms in total. The molecule has 1 heterocycles. The van der Waals surface area contributed by atoms with Crippen molar-refractivity contribution in [1.29, 1.82) is 0 Å². The van der Waals surface area contributed by atoms with Gasteiger partial charge in [0.05, 0.1) is 12.6 Å². The number of amides is 2. The number of benzene rings is 1. The highest BCUT2D eigenvalue weighted by Crippen LogP contribution is 2.14. The molecule has 6 heteroatoms. The Hall–Kier alpha value is -2.05. The number of hydrogen-bond donors (Lipinski definition) is 3. The summed E-state index contributed by atoms with van der Waals surface area (Å²) in [7, 11) is 0. The Morgan fingerprint density at radius 1 is 1.24 bits per heavy atom. The van der Waals surface area contributed by atoms with E-state index in [9.17, 15) is 9.90 Å². The van der Waals surface area contributed by atoms with Crippen LogP contribution in [0.15, 0.2) is 47.2 Å². The second kappa shape index (κ2) is 8.28. The average Bonchev–Trinajstić information content (AvgIpc) is 3.05. The standard InChI is InChI=1S/C15H18N2O3S/c18-14(12-6-9-21-11-12)10-17-15(19)16-7-8-20-13-4-2-1-3-5-13/h1-6,9,11,14,18H,7-8,10H2,(H2,16,17,19). The second-order valence-electron chi connectivity index (χ2n) is 4.37. The maximum Gasteiger partial charge on any atom is 0.315 e. The smallest absolute Gasteiger partial charge is 0.315 e. The zero-order valence-electron chi connectivity index (χ0n) is 11.5. The molecule has 21 heavy (non-hydrogen) atoms. The van der Waals surface area contributed by atoms with Crippen molar-refractivity contribution in [2.75, 3.05) is 19.7 Å². The second-order valence-corrected chi connectivity index (χ2v) is 5.15. The van der Waals surface area contributed by atoms with E-state index in [1.165, 1.54) is 11.3 Å². The first-order chi connectivity index (χ1) is 10.3. The lowest BCUT2D eigenvalue weighted by molar-refractivity contribution is 0.173. The Labute approximate surface area is 127 Å². The van der Waals surface area contributed by atoms with Gasteiger partial charge in [-0.25, -0.2) is 4.79 Å². The predicted octanol–water partition coefficient (Wildman–Crippen LogP) is 2.16. The van der Waals surface area contributed by atoms with E-state index >= 15 is 0 Å². The molecule has 1 aromatic heterocycles. The fourth-order valence-corrected chi connectivity index (χ4v) is 2.39. The molecule has 1 atom stereocenters. The van der Waals surface area contributed by atoms with Crippen LogP contribution in [0.25, 0.3) is 0 Å². The number of aliphatic hydroxyl groups is 1. The molecule has 0 spiro atoms. The van der Waals surface area contributed by atoms with E-state index < -0.39 is 6.10 Å². The van der Waals surface area contributed by atoms with Gasteiger partial charge in [-0.1, -0.05) is 18.2 Å². The van der Waals surface area contributed by atoms with Crippen molar-refractivity contribution >= 4 is 17.4 Å². The fraction of sp³-hybridized carbons (Fsp3) is 0.267. The number of aliphatic hydroxyl groups excluding tert-OH is 1. The van der Waals surface area contributed by atoms with Gasteiger partial charge in [0, 0.05) is 6.54 Å². The molecule has 0 saturated carbocycles. The number of carbonyl (C=O) groups excluding carboxylic acids is 1. The Bertz CT molecular complexity index is 531. The Balaban J connectivity index is 1.57. The van der Waals surface area contributed by atoms with Crippen LogP contribution < -0.4 is 15.4 Å². The van der Waals surface area contributed by atoms with Crippen molar-refractivity contribution in [3.63, 3.8) is 0 Å². The molecule has 0 bridgehead atoms. The fourth-order valence-electron chi connectivity index (χ4n) is 1.68. The number of urea groups is 1. The molecule has 0 aliphatic heterocycles. The predicted molar refractivity (Wildman–Crippen MR) is 82.6 cm³/mol. The van der Waals surface area contributed by atoms with Gasteiger partial charge in [-0.2, -0.15) is 11.3 Å². The molecule has 2 amide bonds. The third kappa shape index (κ3) is 5.45. The monoisotopic (exact) mass is 306 g/mol. The summed E-state index contributed by atoms with van der Waals surface area (Å²) >= 11 is 1.51. The van der Waals surface area contributed by atoms with Gasteiger partial charge in [0.2, 0.25) is 0 Å². The molecule has 1 aromatic carbocycles. The van der Waals surface area contributed by atoms with Crippen molar-refractivity contribution < 1.29 is 14.6 Å². The van der Waals surface area contributed by atoms with Crippen LogP contribution >= 0.6 is 11.3 Å². The maximum absolute atomic E-state index is 11.5. The summed E-state index contributed by atoms with van der Waals surface area (Å²) in [4.78, 5) is 11.5. The summed E-state index contributed by atoms with van der Waals surface area (Å²) < 4.78 is 5.45. The molecule has 112 valence electrons. The Morgan fingerprint density at radius 3 is 2.76 bits per heavy atom. The summed E-state index contributed by atoms with van der Waals surface area (Å²) in [6.45, 7) is 0.974. The minimum absolute atomic E-state index is 0.183. The van der Waals surface area contributed by atoms with E-state index in [-0.39, 0.29) is 12.6 Å². The van der Waals surface area contributed by atoms with Gasteiger partial charge >= 0.3 is 6.03 Å². The van der Waals surface area contributed by atoms with Gasteiger partial charge in [0.15, 0.2) is 0 Å². The normalized spacial score (nSPS) is 11.7. The van der Waals surface area contributed by atoms with Gasteiger partial charge in [-0.15, -0.1) is 0 Å². The summed E-state index contributed by atoms with van der Waals surface area (Å²) in [6.07, 6.45) is -0.678. The summed E-state index contributed by atoms with van der Waals surface area (Å²) in [5.41, 5.74) is 0.813. The van der Waals surface area contributed by atoms with Crippen LogP contribution in [-0.4, -0.2) is 30.8 Å². The van der Waals surface area contributed by atoms with E-state index in [0.29, 0.717) is 13.2 Å². The molecule has 0 radical (unpaired) electrons. The first kappa shape index (κ1) is 15.3. The SMILES string of the molecule is O=C(NCCOc1ccccc1)NCC(O)c1ccsc1. The van der Waals surface area contributed by atoms with Crippen LogP contribution in [0.1, 0.15) is 11.7 Å². The van der Waals surface area contributed by atoms with Gasteiger partial charge in [0.1, 0.15) is 12.4 Å². The topological polar surface area (TPSA) is 70.6 Å². The minimum Gasteiger partial charge on any atom is -0.492 e. The quantitative estimate of drug-likeness (QED) is 0.687. The molecule has 0 saturated heterocycles. The molecule has 2 rings (SSSR count). The first-order valence-electron chi connectivity index (χ1n) is 6.65. The van der Waals surface area contributed by atoms with E-state index in [2.05, 4.69) is 10.6 Å². The third-order valence-electron chi connectivity index (χ3n) is 2.78. The van der Waals surface area contributed by atoms with E-state index in [1.54, 1.807) is 0 Å². The molecular formula is C15H18N2O3S. The molecule has 3 N–H and O–H groups in total. The highest BCUT2D eigenvalue weighted by atomic mass is 32.1. The summed E-state index contributed by atoms with van der Waals surface area (Å²) in [5.74, 6) is 0.771. The average molecular weight is 306 g/mol. The van der Waals surface area contributed by atoms with Gasteiger partial charge < -0.3 is 20.5 Å². The van der Waals surface area contributed by atoms with E-state index in [4.69, 9.17) is 4.74 Å². The lowest BCUT2D eigenvalue weighted by atomic mass is 10.2. The number of nitrogens with one attached hydrogen (secondary N) is 2. The molecule has 1 unspecified atom stereocenters. The first-order valence-corrected chi connectivity index (χ1v) is 7.59. The number of ether oxygens (including phenoxy) is 1. The number of thiophene rings is 1. The molecular weight excluding hydrogens is 288 g/mol. The number of hydrogen-bond acceptors (Lipinski definition) is 4. The number of rotatable bonds is 7. The van der Waals surface area contributed by atoms with E-state index in [0.717, 1.165) is 11.3 Å². The van der Waals surface area contributed by atoms with Crippen LogP contribution in [0.2, 0.25) is 0 Å². The van der Waals surface area contributed by atoms with Crippen molar-refractivity contribution in [3.05, 3.63) is 52.7 Å². The lowest BCUT2D eigenvalue weighted by Gasteiger charge is -2.12. The number of carbonyl (C=O) groups is 1. The Kier molecular flexibility index (Phi) is 6.05. The van der Waals surface area contributed by atoms with Crippen LogP contribution in [0.5, 0.6) is 5.75 Å². The minimum atomic E-state index is -0.678. The largest absolute Gasteiger partial charge is 0.492 e. The van der Waals surface area contributed by atoms with Crippen molar-refractivity contribution in [2.24, 2.45) is 0 Å². The lowest BCUT2D eigenvalue weighted by Crippen LogP contribution is -2.39. The highest BCUT2D eigenvalue weighted by molar-refractivity contribution is 7.07. The summed E-state index contributed by atoms with van der Waals surface area (Å²) in [5, 5.41) is 18.9. The van der Waals surface area contributed by atoms with Crippen molar-refractivity contribution in [1.82, 2.24) is 10.6 Å². The van der Waals surface area contributed by atoms with Gasteiger partial charge in [0.25, 0.3) is 0 Å². The maximum atomic E-state index is 11.5. The van der Waals surface area contributed by atoms with Crippen LogP contribution in [0.4, 0.5) is 4.79 Å². The van der Waals surface area contributed by atoms with Gasteiger partial charge in [-0.05, 0) is 34.5 Å². The molecule has 0 fully saturated rings. The van der Waals surface area contributed by atoms with Crippen LogP contribution in [0.3, 0.4) is 0 Å². The van der Waals surface area contributed by atoms with Gasteiger partial charge in [-0.3, -0.25) is 0 Å². The molecule has 2 aromatic rings. The van der Waals surface area contributed by atoms with Crippen LogP contribution in [0, 0.1) is 0 Å². The zero-order valence-corrected chi connectivity index (χ0v) is 12.3. The Morgan fingerprint density at radius 2 is 2.05 bits per heavy atom. The molecule has 0 aliphatic carbocycles. The summed E-state index contributed by atoms with van der Waals surface area (Å²) in [6, 6.07) is 10.9.